The van der Waals surface area contributed by atoms with Crippen LogP contribution in [0.15, 0.2) is 47.9 Å². The van der Waals surface area contributed by atoms with Crippen molar-refractivity contribution in [3.8, 4) is 11.8 Å². The number of hydrogen-bond donors (Lipinski definition) is 1. The van der Waals surface area contributed by atoms with Crippen LogP contribution in [0.2, 0.25) is 0 Å². The first kappa shape index (κ1) is 24.8. The lowest BCUT2D eigenvalue weighted by atomic mass is 10.1. The molecule has 0 saturated heterocycles. The van der Waals surface area contributed by atoms with E-state index < -0.39 is 0 Å². The smallest absolute Gasteiger partial charge is 0.330 e. The molecule has 0 aliphatic carbocycles. The molecule has 2 aromatic rings. The second kappa shape index (κ2) is 16.2. The third kappa shape index (κ3) is 12.1. The third-order valence-corrected chi connectivity index (χ3v) is 5.85. The molecule has 0 unspecified atom stereocenters. The van der Waals surface area contributed by atoms with Crippen molar-refractivity contribution < 1.29 is 9.53 Å². The van der Waals surface area contributed by atoms with Gasteiger partial charge in [-0.15, -0.1) is 11.3 Å². The van der Waals surface area contributed by atoms with Gasteiger partial charge in [-0.3, -0.25) is 0 Å². The summed E-state index contributed by atoms with van der Waals surface area (Å²) in [6.45, 7) is 1.00. The second-order valence-corrected chi connectivity index (χ2v) is 8.56. The fraction of sp³-hybridized carbons (Fsp3) is 0.444. The Hall–Kier alpha value is -2.51. The van der Waals surface area contributed by atoms with E-state index in [4.69, 9.17) is 0 Å². The average Bonchev–Trinajstić information content (AvgIpc) is 3.32. The minimum atomic E-state index is -0.336. The number of anilines is 1. The molecule has 0 atom stereocenters. The van der Waals surface area contributed by atoms with Gasteiger partial charge in [0.2, 0.25) is 0 Å². The lowest BCUT2D eigenvalue weighted by molar-refractivity contribution is -0.134. The quantitative estimate of drug-likeness (QED) is 0.146. The van der Waals surface area contributed by atoms with E-state index in [1.54, 1.807) is 17.4 Å². The fourth-order valence-electron chi connectivity index (χ4n) is 3.25. The van der Waals surface area contributed by atoms with Crippen LogP contribution in [0.5, 0.6) is 0 Å². The molecule has 0 fully saturated rings. The molecule has 1 heterocycles. The summed E-state index contributed by atoms with van der Waals surface area (Å²) in [4.78, 5) is 12.3. The molecule has 4 heteroatoms. The third-order valence-electron chi connectivity index (χ3n) is 5.06. The number of nitrogens with one attached hydrogen (secondary N) is 1. The van der Waals surface area contributed by atoms with Crippen LogP contribution in [0.1, 0.15) is 74.6 Å². The van der Waals surface area contributed by atoms with Gasteiger partial charge in [0.1, 0.15) is 0 Å². The van der Waals surface area contributed by atoms with Crippen LogP contribution in [-0.2, 0) is 9.53 Å². The Kier molecular flexibility index (Phi) is 13.0. The number of esters is 1. The van der Waals surface area contributed by atoms with Gasteiger partial charge in [-0.05, 0) is 48.1 Å². The summed E-state index contributed by atoms with van der Waals surface area (Å²) in [5, 5.41) is 5.54. The summed E-state index contributed by atoms with van der Waals surface area (Å²) in [5.74, 6) is 6.17. The van der Waals surface area contributed by atoms with E-state index in [-0.39, 0.29) is 5.97 Å². The van der Waals surface area contributed by atoms with Crippen LogP contribution in [0.3, 0.4) is 0 Å². The number of methoxy groups -OCH3 is 1. The van der Waals surface area contributed by atoms with E-state index in [2.05, 4.69) is 39.4 Å². The number of benzene rings is 1. The van der Waals surface area contributed by atoms with Gasteiger partial charge in [0, 0.05) is 24.7 Å². The summed E-state index contributed by atoms with van der Waals surface area (Å²) in [6, 6.07) is 12.2. The largest absolute Gasteiger partial charge is 0.466 e. The van der Waals surface area contributed by atoms with Gasteiger partial charge in [0.25, 0.3) is 0 Å². The summed E-state index contributed by atoms with van der Waals surface area (Å²) >= 11 is 1.72. The van der Waals surface area contributed by atoms with E-state index >= 15 is 0 Å². The molecule has 1 aromatic heterocycles. The summed E-state index contributed by atoms with van der Waals surface area (Å²) in [5.41, 5.74) is 2.11. The van der Waals surface area contributed by atoms with Crippen molar-refractivity contribution >= 4 is 29.1 Å². The van der Waals surface area contributed by atoms with E-state index in [0.29, 0.717) is 0 Å². The maximum Gasteiger partial charge on any atom is 0.330 e. The molecule has 0 amide bonds. The zero-order valence-corrected chi connectivity index (χ0v) is 19.5. The maximum atomic E-state index is 11.1. The highest BCUT2D eigenvalue weighted by atomic mass is 32.1. The molecule has 1 N–H and O–H groups in total. The predicted molar refractivity (Wildman–Crippen MR) is 133 cm³/mol. The van der Waals surface area contributed by atoms with E-state index in [9.17, 15) is 4.79 Å². The van der Waals surface area contributed by atoms with Gasteiger partial charge in [-0.1, -0.05) is 75.0 Å². The fourth-order valence-corrected chi connectivity index (χ4v) is 3.84. The second-order valence-electron chi connectivity index (χ2n) is 7.62. The van der Waals surface area contributed by atoms with Crippen molar-refractivity contribution in [3.63, 3.8) is 0 Å². The van der Waals surface area contributed by atoms with Crippen LogP contribution < -0.4 is 5.32 Å². The van der Waals surface area contributed by atoms with Crippen molar-refractivity contribution in [1.82, 2.24) is 0 Å². The van der Waals surface area contributed by atoms with Crippen LogP contribution in [0.4, 0.5) is 5.69 Å². The Bertz CT molecular complexity index is 813. The lowest BCUT2D eigenvalue weighted by Gasteiger charge is -2.07. The summed E-state index contributed by atoms with van der Waals surface area (Å²) in [7, 11) is 1.38. The topological polar surface area (TPSA) is 38.3 Å². The minimum Gasteiger partial charge on any atom is -0.466 e. The van der Waals surface area contributed by atoms with E-state index in [1.807, 2.05) is 24.3 Å². The zero-order chi connectivity index (χ0) is 22.0. The molecule has 166 valence electrons. The zero-order valence-electron chi connectivity index (χ0n) is 18.7. The lowest BCUT2D eigenvalue weighted by Crippen LogP contribution is -2.01. The van der Waals surface area contributed by atoms with E-state index in [1.165, 1.54) is 75.9 Å². The molecule has 0 radical (unpaired) electrons. The normalized spacial score (nSPS) is 10.6. The first-order valence-electron chi connectivity index (χ1n) is 11.4. The molecule has 0 aliphatic heterocycles. The number of hydrogen-bond acceptors (Lipinski definition) is 4. The molecule has 0 bridgehead atoms. The highest BCUT2D eigenvalue weighted by Crippen LogP contribution is 2.13. The molecule has 31 heavy (non-hydrogen) atoms. The maximum absolute atomic E-state index is 11.1. The standard InChI is InChI=1S/C27H35NO2S/c1-30-27(29)21-18-24-16-19-25(20-17-24)28-22-12-10-8-6-4-2-3-5-7-9-11-14-26-15-13-23-31-26/h13,15-21,23,28H,2-10,12,22H2,1H3/b21-18+. The summed E-state index contributed by atoms with van der Waals surface area (Å²) < 4.78 is 4.59. The Morgan fingerprint density at radius 2 is 1.65 bits per heavy atom. The predicted octanol–water partition coefficient (Wildman–Crippen LogP) is 7.30. The van der Waals surface area contributed by atoms with Crippen LogP contribution >= 0.6 is 11.3 Å². The monoisotopic (exact) mass is 437 g/mol. The van der Waals surface area contributed by atoms with E-state index in [0.717, 1.165) is 24.2 Å². The Morgan fingerprint density at radius 3 is 2.29 bits per heavy atom. The van der Waals surface area contributed by atoms with Crippen LogP contribution in [0.25, 0.3) is 6.08 Å². The van der Waals surface area contributed by atoms with Gasteiger partial charge < -0.3 is 10.1 Å². The Balaban J connectivity index is 1.38. The highest BCUT2D eigenvalue weighted by Gasteiger charge is 1.96. The van der Waals surface area contributed by atoms with Crippen molar-refractivity contribution in [1.29, 1.82) is 0 Å². The molecule has 0 aliphatic rings. The van der Waals surface area contributed by atoms with Crippen LogP contribution in [-0.4, -0.2) is 19.6 Å². The van der Waals surface area contributed by atoms with Crippen molar-refractivity contribution in [3.05, 3.63) is 58.3 Å². The molecular weight excluding hydrogens is 402 g/mol. The van der Waals surface area contributed by atoms with Gasteiger partial charge in [-0.25, -0.2) is 4.79 Å². The van der Waals surface area contributed by atoms with Gasteiger partial charge in [0.05, 0.1) is 12.0 Å². The molecule has 3 nitrogen and oxygen atoms in total. The van der Waals surface area contributed by atoms with Gasteiger partial charge in [0.15, 0.2) is 0 Å². The summed E-state index contributed by atoms with van der Waals surface area (Å²) in [6.07, 6.45) is 16.0. The number of carbonyl (C=O) groups is 1. The Morgan fingerprint density at radius 1 is 0.968 bits per heavy atom. The molecule has 0 saturated carbocycles. The number of unbranched alkanes of at least 4 members (excludes halogenated alkanes) is 9. The van der Waals surface area contributed by atoms with Crippen molar-refractivity contribution in [2.45, 2.75) is 64.2 Å². The molecule has 1 aromatic carbocycles. The first-order chi connectivity index (χ1) is 15.3. The van der Waals surface area contributed by atoms with Gasteiger partial charge in [-0.2, -0.15) is 0 Å². The number of thiophene rings is 1. The Labute approximate surface area is 191 Å². The number of carbonyl (C=O) groups excluding carboxylic acids is 1. The SMILES string of the molecule is COC(=O)/C=C/c1ccc(NCCCCCCCCCCCC#Cc2cccs2)cc1. The number of ether oxygens (including phenoxy) is 1. The van der Waals surface area contributed by atoms with Gasteiger partial charge >= 0.3 is 5.97 Å². The van der Waals surface area contributed by atoms with Crippen molar-refractivity contribution in [2.75, 3.05) is 19.0 Å². The minimum absolute atomic E-state index is 0.336. The highest BCUT2D eigenvalue weighted by molar-refractivity contribution is 7.10. The first-order valence-corrected chi connectivity index (χ1v) is 12.3. The molecule has 0 spiro atoms. The van der Waals surface area contributed by atoms with Crippen LogP contribution in [0, 0.1) is 11.8 Å². The molecule has 2 rings (SSSR count). The average molecular weight is 438 g/mol. The number of rotatable bonds is 14. The molecular formula is C27H35NO2S. The van der Waals surface area contributed by atoms with Crippen molar-refractivity contribution in [2.24, 2.45) is 0 Å².